The summed E-state index contributed by atoms with van der Waals surface area (Å²) in [5, 5.41) is 3.21. The maximum absolute atomic E-state index is 11.8. The molecular weight excluding hydrogens is 244 g/mol. The first-order chi connectivity index (χ1) is 7.75. The molecule has 0 spiro atoms. The van der Waals surface area contributed by atoms with Crippen molar-refractivity contribution in [1.82, 2.24) is 10.2 Å². The minimum atomic E-state index is 0.0750. The second-order valence-electron chi connectivity index (χ2n) is 3.55. The molecule has 0 aliphatic carbocycles. The van der Waals surface area contributed by atoms with Crippen molar-refractivity contribution in [2.24, 2.45) is 0 Å². The summed E-state index contributed by atoms with van der Waals surface area (Å²) >= 11 is 7.28. The summed E-state index contributed by atoms with van der Waals surface area (Å²) in [6.45, 7) is 3.33. The Balaban J connectivity index is 1.93. The molecule has 1 amide bonds. The van der Waals surface area contributed by atoms with Crippen LogP contribution in [-0.4, -0.2) is 37.0 Å². The van der Waals surface area contributed by atoms with Gasteiger partial charge in [0.05, 0.1) is 4.34 Å². The van der Waals surface area contributed by atoms with E-state index in [0.717, 1.165) is 35.4 Å². The fraction of sp³-hybridized carbons (Fsp3) is 0.364. The van der Waals surface area contributed by atoms with Gasteiger partial charge >= 0.3 is 0 Å². The van der Waals surface area contributed by atoms with Crippen molar-refractivity contribution in [3.63, 3.8) is 0 Å². The summed E-state index contributed by atoms with van der Waals surface area (Å²) in [7, 11) is 0. The zero-order valence-electron chi connectivity index (χ0n) is 8.78. The average molecular weight is 257 g/mol. The lowest BCUT2D eigenvalue weighted by Crippen LogP contribution is -2.45. The van der Waals surface area contributed by atoms with E-state index in [4.69, 9.17) is 11.6 Å². The third kappa shape index (κ3) is 3.07. The molecule has 0 radical (unpaired) electrons. The molecule has 0 atom stereocenters. The van der Waals surface area contributed by atoms with E-state index in [2.05, 4.69) is 5.32 Å². The summed E-state index contributed by atoms with van der Waals surface area (Å²) in [6.07, 6.45) is 3.44. The molecule has 1 N–H and O–H groups in total. The van der Waals surface area contributed by atoms with Crippen molar-refractivity contribution < 1.29 is 4.79 Å². The molecule has 0 unspecified atom stereocenters. The lowest BCUT2D eigenvalue weighted by molar-refractivity contribution is -0.126. The van der Waals surface area contributed by atoms with Crippen LogP contribution >= 0.6 is 22.9 Å². The van der Waals surface area contributed by atoms with Gasteiger partial charge in [-0.05, 0) is 18.2 Å². The number of thiophene rings is 1. The number of carbonyl (C=O) groups is 1. The van der Waals surface area contributed by atoms with E-state index < -0.39 is 0 Å². The third-order valence-corrected chi connectivity index (χ3v) is 3.61. The molecule has 1 aliphatic rings. The fourth-order valence-electron chi connectivity index (χ4n) is 1.56. The van der Waals surface area contributed by atoms with Crippen molar-refractivity contribution >= 4 is 34.9 Å². The fourth-order valence-corrected chi connectivity index (χ4v) is 2.53. The molecule has 2 rings (SSSR count). The molecule has 0 saturated carbocycles. The highest BCUT2D eigenvalue weighted by molar-refractivity contribution is 7.17. The van der Waals surface area contributed by atoms with E-state index in [1.54, 1.807) is 6.08 Å². The number of piperazine rings is 1. The lowest BCUT2D eigenvalue weighted by atomic mass is 10.3. The van der Waals surface area contributed by atoms with Gasteiger partial charge in [-0.1, -0.05) is 11.6 Å². The molecular formula is C11H13ClN2OS. The van der Waals surface area contributed by atoms with Gasteiger partial charge in [-0.25, -0.2) is 0 Å². The van der Waals surface area contributed by atoms with Crippen molar-refractivity contribution in [2.75, 3.05) is 26.2 Å². The van der Waals surface area contributed by atoms with Gasteiger partial charge < -0.3 is 10.2 Å². The van der Waals surface area contributed by atoms with E-state index in [0.29, 0.717) is 0 Å². The Morgan fingerprint density at radius 2 is 2.19 bits per heavy atom. The first kappa shape index (κ1) is 11.6. The second kappa shape index (κ2) is 5.48. The molecule has 16 heavy (non-hydrogen) atoms. The quantitative estimate of drug-likeness (QED) is 0.819. The standard InChI is InChI=1S/C11H13ClN2OS/c12-10-3-1-9(16-10)2-4-11(15)14-7-5-13-6-8-14/h1-4,13H,5-8H2. The van der Waals surface area contributed by atoms with Gasteiger partial charge in [0.1, 0.15) is 0 Å². The topological polar surface area (TPSA) is 32.3 Å². The molecule has 3 nitrogen and oxygen atoms in total. The number of amides is 1. The molecule has 1 aromatic heterocycles. The van der Waals surface area contributed by atoms with E-state index >= 15 is 0 Å². The number of hydrogen-bond donors (Lipinski definition) is 1. The predicted octanol–water partition coefficient (Wildman–Crippen LogP) is 1.85. The zero-order valence-corrected chi connectivity index (χ0v) is 10.4. The van der Waals surface area contributed by atoms with Crippen LogP contribution in [0.2, 0.25) is 4.34 Å². The molecule has 0 bridgehead atoms. The van der Waals surface area contributed by atoms with Crippen LogP contribution in [-0.2, 0) is 4.79 Å². The Morgan fingerprint density at radius 1 is 1.44 bits per heavy atom. The Morgan fingerprint density at radius 3 is 2.81 bits per heavy atom. The van der Waals surface area contributed by atoms with Crippen LogP contribution in [0.1, 0.15) is 4.88 Å². The molecule has 86 valence electrons. The van der Waals surface area contributed by atoms with Gasteiger partial charge in [-0.2, -0.15) is 0 Å². The molecule has 1 saturated heterocycles. The first-order valence-corrected chi connectivity index (χ1v) is 6.38. The van der Waals surface area contributed by atoms with E-state index in [1.807, 2.05) is 23.1 Å². The molecule has 5 heteroatoms. The van der Waals surface area contributed by atoms with E-state index in [1.165, 1.54) is 11.3 Å². The van der Waals surface area contributed by atoms with Crippen LogP contribution in [0.15, 0.2) is 18.2 Å². The molecule has 1 aromatic rings. The number of halogens is 1. The van der Waals surface area contributed by atoms with Crippen LogP contribution < -0.4 is 5.32 Å². The molecule has 0 aromatic carbocycles. The maximum atomic E-state index is 11.8. The summed E-state index contributed by atoms with van der Waals surface area (Å²) in [5.41, 5.74) is 0. The maximum Gasteiger partial charge on any atom is 0.246 e. The largest absolute Gasteiger partial charge is 0.337 e. The van der Waals surface area contributed by atoms with E-state index in [9.17, 15) is 4.79 Å². The Kier molecular flexibility index (Phi) is 3.98. The SMILES string of the molecule is O=C(C=Cc1ccc(Cl)s1)N1CCNCC1. The first-order valence-electron chi connectivity index (χ1n) is 5.19. The average Bonchev–Trinajstić information content (AvgIpc) is 2.73. The van der Waals surface area contributed by atoms with Crippen LogP contribution in [0, 0.1) is 0 Å². The van der Waals surface area contributed by atoms with Crippen molar-refractivity contribution in [1.29, 1.82) is 0 Å². The normalized spacial score (nSPS) is 16.9. The van der Waals surface area contributed by atoms with Crippen LogP contribution in [0.3, 0.4) is 0 Å². The van der Waals surface area contributed by atoms with Crippen molar-refractivity contribution in [2.45, 2.75) is 0 Å². The summed E-state index contributed by atoms with van der Waals surface area (Å²) in [5.74, 6) is 0.0750. The third-order valence-electron chi connectivity index (χ3n) is 2.41. The van der Waals surface area contributed by atoms with Gasteiger partial charge in [0.25, 0.3) is 0 Å². The highest BCUT2D eigenvalue weighted by Gasteiger charge is 2.13. The highest BCUT2D eigenvalue weighted by Crippen LogP contribution is 2.22. The number of carbonyl (C=O) groups excluding carboxylic acids is 1. The summed E-state index contributed by atoms with van der Waals surface area (Å²) < 4.78 is 0.745. The lowest BCUT2D eigenvalue weighted by Gasteiger charge is -2.26. The van der Waals surface area contributed by atoms with E-state index in [-0.39, 0.29) is 5.91 Å². The Bertz CT molecular complexity index is 396. The molecule has 2 heterocycles. The van der Waals surface area contributed by atoms with Gasteiger partial charge in [0.2, 0.25) is 5.91 Å². The monoisotopic (exact) mass is 256 g/mol. The second-order valence-corrected chi connectivity index (χ2v) is 5.30. The number of hydrogen-bond acceptors (Lipinski definition) is 3. The summed E-state index contributed by atoms with van der Waals surface area (Å²) in [6, 6.07) is 3.75. The molecule has 1 aliphatic heterocycles. The minimum absolute atomic E-state index is 0.0750. The van der Waals surface area contributed by atoms with Gasteiger partial charge in [-0.3, -0.25) is 4.79 Å². The summed E-state index contributed by atoms with van der Waals surface area (Å²) in [4.78, 5) is 14.6. The molecule has 1 fully saturated rings. The minimum Gasteiger partial charge on any atom is -0.337 e. The predicted molar refractivity (Wildman–Crippen MR) is 67.8 cm³/mol. The Hall–Kier alpha value is -0.840. The smallest absolute Gasteiger partial charge is 0.246 e. The van der Waals surface area contributed by atoms with Crippen LogP contribution in [0.5, 0.6) is 0 Å². The van der Waals surface area contributed by atoms with Crippen LogP contribution in [0.25, 0.3) is 6.08 Å². The number of rotatable bonds is 2. The highest BCUT2D eigenvalue weighted by atomic mass is 35.5. The van der Waals surface area contributed by atoms with Crippen molar-refractivity contribution in [3.05, 3.63) is 27.4 Å². The van der Waals surface area contributed by atoms with Gasteiger partial charge in [0.15, 0.2) is 0 Å². The van der Waals surface area contributed by atoms with Crippen LogP contribution in [0.4, 0.5) is 0 Å². The zero-order chi connectivity index (χ0) is 11.4. The Labute approximate surface area is 104 Å². The number of nitrogens with one attached hydrogen (secondary N) is 1. The van der Waals surface area contributed by atoms with Crippen molar-refractivity contribution in [3.8, 4) is 0 Å². The van der Waals surface area contributed by atoms with Gasteiger partial charge in [0, 0.05) is 37.1 Å². The number of nitrogens with zero attached hydrogens (tertiary/aromatic N) is 1. The van der Waals surface area contributed by atoms with Gasteiger partial charge in [-0.15, -0.1) is 11.3 Å².